The Kier molecular flexibility index (Phi) is 9.21. The lowest BCUT2D eigenvalue weighted by atomic mass is 10.2. The molecule has 0 saturated carbocycles. The third-order valence-corrected chi connectivity index (χ3v) is 7.67. The van der Waals surface area contributed by atoms with Crippen LogP contribution in [0.25, 0.3) is 20.9 Å². The fraction of sp³-hybridized carbons (Fsp3) is 0.143. The van der Waals surface area contributed by atoms with Crippen LogP contribution in [0.5, 0.6) is 0 Å². The molecule has 0 bridgehead atoms. The van der Waals surface area contributed by atoms with E-state index >= 15 is 0 Å². The van der Waals surface area contributed by atoms with Crippen molar-refractivity contribution >= 4 is 57.8 Å². The molecular weight excluding hydrogens is 540 g/mol. The van der Waals surface area contributed by atoms with E-state index in [1.165, 1.54) is 36.9 Å². The lowest BCUT2D eigenvalue weighted by Gasteiger charge is -2.08. The second-order valence-corrected chi connectivity index (χ2v) is 10.1. The Morgan fingerprint density at radius 2 is 1.03 bits per heavy atom. The molecule has 0 aliphatic carbocycles. The molecule has 4 aromatic rings. The van der Waals surface area contributed by atoms with Crippen molar-refractivity contribution in [3.8, 4) is 20.9 Å². The zero-order chi connectivity index (χ0) is 27.8. The molecule has 0 atom stereocenters. The smallest absolute Gasteiger partial charge is 0.350 e. The van der Waals surface area contributed by atoms with Crippen LogP contribution < -0.4 is 10.6 Å². The normalized spacial score (nSPS) is 10.5. The predicted molar refractivity (Wildman–Crippen MR) is 150 cm³/mol. The van der Waals surface area contributed by atoms with Gasteiger partial charge in [-0.3, -0.25) is 9.59 Å². The van der Waals surface area contributed by atoms with Crippen LogP contribution in [0, 0.1) is 0 Å². The Labute approximate surface area is 232 Å². The van der Waals surface area contributed by atoms with Gasteiger partial charge in [0.05, 0.1) is 25.6 Å². The van der Waals surface area contributed by atoms with Gasteiger partial charge in [0.15, 0.2) is 0 Å². The van der Waals surface area contributed by atoms with Crippen molar-refractivity contribution in [2.24, 2.45) is 0 Å². The van der Waals surface area contributed by atoms with Gasteiger partial charge in [-0.25, -0.2) is 9.59 Å². The minimum Gasteiger partial charge on any atom is -0.465 e. The first-order chi connectivity index (χ1) is 18.9. The average Bonchev–Trinajstić information content (AvgIpc) is 3.57. The molecule has 200 valence electrons. The van der Waals surface area contributed by atoms with Crippen molar-refractivity contribution in [3.63, 3.8) is 0 Å². The number of esters is 2. The van der Waals surface area contributed by atoms with Crippen LogP contribution in [-0.4, -0.2) is 51.2 Å². The first-order valence-corrected chi connectivity index (χ1v) is 13.3. The first-order valence-electron chi connectivity index (χ1n) is 11.6. The van der Waals surface area contributed by atoms with Crippen LogP contribution >= 0.6 is 22.7 Å². The standard InChI is InChI=1S/C28H24N2O7S2/c1-35-27(33)25-19(13-21(38-25)17-9-5-3-6-10-17)29-23(31)15-37-16-24(32)30-20-14-22(18-11-7-4-8-12-18)39-26(20)28(34)36-2/h3-14H,15-16H2,1-2H3,(H,29,31)(H,30,32). The number of hydrogen-bond donors (Lipinski definition) is 2. The summed E-state index contributed by atoms with van der Waals surface area (Å²) in [5.74, 6) is -2.26. The van der Waals surface area contributed by atoms with E-state index < -0.39 is 37.0 Å². The van der Waals surface area contributed by atoms with Crippen molar-refractivity contribution in [3.05, 3.63) is 82.6 Å². The number of rotatable bonds is 10. The number of benzene rings is 2. The van der Waals surface area contributed by atoms with Crippen LogP contribution in [0.15, 0.2) is 72.8 Å². The van der Waals surface area contributed by atoms with Gasteiger partial charge in [-0.15, -0.1) is 22.7 Å². The largest absolute Gasteiger partial charge is 0.465 e. The van der Waals surface area contributed by atoms with Crippen molar-refractivity contribution in [2.75, 3.05) is 38.1 Å². The van der Waals surface area contributed by atoms with Crippen LogP contribution in [0.1, 0.15) is 19.3 Å². The lowest BCUT2D eigenvalue weighted by molar-refractivity contribution is -0.125. The zero-order valence-corrected chi connectivity index (χ0v) is 22.6. The van der Waals surface area contributed by atoms with E-state index in [4.69, 9.17) is 14.2 Å². The fourth-order valence-corrected chi connectivity index (χ4v) is 5.63. The number of anilines is 2. The van der Waals surface area contributed by atoms with E-state index in [0.717, 1.165) is 20.9 Å². The second kappa shape index (κ2) is 13.0. The summed E-state index contributed by atoms with van der Waals surface area (Å²) < 4.78 is 15.0. The number of nitrogens with one attached hydrogen (secondary N) is 2. The topological polar surface area (TPSA) is 120 Å². The number of hydrogen-bond acceptors (Lipinski definition) is 9. The predicted octanol–water partition coefficient (Wildman–Crippen LogP) is 5.31. The van der Waals surface area contributed by atoms with Crippen molar-refractivity contribution in [2.45, 2.75) is 0 Å². The third kappa shape index (κ3) is 6.96. The van der Waals surface area contributed by atoms with Gasteiger partial charge in [0.1, 0.15) is 23.0 Å². The highest BCUT2D eigenvalue weighted by Gasteiger charge is 2.21. The molecule has 0 unspecified atom stereocenters. The first kappa shape index (κ1) is 27.7. The van der Waals surface area contributed by atoms with Gasteiger partial charge in [0, 0.05) is 9.75 Å². The Balaban J connectivity index is 1.37. The number of thiophene rings is 2. The summed E-state index contributed by atoms with van der Waals surface area (Å²) in [6, 6.07) is 22.2. The molecule has 39 heavy (non-hydrogen) atoms. The molecule has 9 nitrogen and oxygen atoms in total. The highest BCUT2D eigenvalue weighted by Crippen LogP contribution is 2.36. The summed E-state index contributed by atoms with van der Waals surface area (Å²) in [6.07, 6.45) is 0. The summed E-state index contributed by atoms with van der Waals surface area (Å²) in [5.41, 5.74) is 2.35. The lowest BCUT2D eigenvalue weighted by Crippen LogP contribution is -2.24. The SMILES string of the molecule is COC(=O)c1sc(-c2ccccc2)cc1NC(=O)COCC(=O)Nc1cc(-c2ccccc2)sc1C(=O)OC. The molecule has 0 aliphatic heterocycles. The Morgan fingerprint density at radius 1 is 0.641 bits per heavy atom. The molecule has 11 heteroatoms. The monoisotopic (exact) mass is 564 g/mol. The number of ether oxygens (including phenoxy) is 3. The Hall–Kier alpha value is -4.32. The fourth-order valence-electron chi connectivity index (χ4n) is 3.55. The van der Waals surface area contributed by atoms with E-state index in [1.807, 2.05) is 60.7 Å². The van der Waals surface area contributed by atoms with E-state index in [1.54, 1.807) is 12.1 Å². The van der Waals surface area contributed by atoms with Crippen LogP contribution in [0.4, 0.5) is 11.4 Å². The van der Waals surface area contributed by atoms with Gasteiger partial charge in [0.2, 0.25) is 11.8 Å². The van der Waals surface area contributed by atoms with Crippen molar-refractivity contribution < 1.29 is 33.4 Å². The van der Waals surface area contributed by atoms with Gasteiger partial charge in [-0.2, -0.15) is 0 Å². The molecule has 0 fully saturated rings. The zero-order valence-electron chi connectivity index (χ0n) is 21.0. The summed E-state index contributed by atoms with van der Waals surface area (Å²) in [7, 11) is 2.53. The minimum atomic E-state index is -0.579. The molecule has 2 amide bonds. The van der Waals surface area contributed by atoms with Gasteiger partial charge in [-0.1, -0.05) is 60.7 Å². The second-order valence-electron chi connectivity index (χ2n) is 8.01. The maximum Gasteiger partial charge on any atom is 0.350 e. The van der Waals surface area contributed by atoms with Crippen molar-refractivity contribution in [1.29, 1.82) is 0 Å². The molecule has 0 spiro atoms. The van der Waals surface area contributed by atoms with Crippen molar-refractivity contribution in [1.82, 2.24) is 0 Å². The highest BCUT2D eigenvalue weighted by atomic mass is 32.1. The highest BCUT2D eigenvalue weighted by molar-refractivity contribution is 7.18. The summed E-state index contributed by atoms with van der Waals surface area (Å²) >= 11 is 2.38. The molecule has 2 aromatic carbocycles. The van der Waals surface area contributed by atoms with Gasteiger partial charge in [-0.05, 0) is 23.3 Å². The summed E-state index contributed by atoms with van der Waals surface area (Å²) in [5, 5.41) is 5.29. The molecular formula is C28H24N2O7S2. The number of amides is 2. The minimum absolute atomic E-state index is 0.240. The molecule has 2 aromatic heterocycles. The quantitative estimate of drug-likeness (QED) is 0.251. The van der Waals surface area contributed by atoms with E-state index in [9.17, 15) is 19.2 Å². The van der Waals surface area contributed by atoms with Gasteiger partial charge >= 0.3 is 11.9 Å². The molecule has 2 heterocycles. The van der Waals surface area contributed by atoms with Crippen LogP contribution in [-0.2, 0) is 23.8 Å². The van der Waals surface area contributed by atoms with E-state index in [-0.39, 0.29) is 21.1 Å². The van der Waals surface area contributed by atoms with Crippen LogP contribution in [0.2, 0.25) is 0 Å². The average molecular weight is 565 g/mol. The van der Waals surface area contributed by atoms with Gasteiger partial charge < -0.3 is 24.8 Å². The maximum absolute atomic E-state index is 12.5. The number of carbonyl (C=O) groups excluding carboxylic acids is 4. The molecule has 0 aliphatic rings. The summed E-state index contributed by atoms with van der Waals surface area (Å²) in [6.45, 7) is -0.874. The molecule has 0 saturated heterocycles. The number of methoxy groups -OCH3 is 2. The molecule has 0 radical (unpaired) electrons. The van der Waals surface area contributed by atoms with Crippen LogP contribution in [0.3, 0.4) is 0 Å². The van der Waals surface area contributed by atoms with Gasteiger partial charge in [0.25, 0.3) is 0 Å². The van der Waals surface area contributed by atoms with E-state index in [2.05, 4.69) is 10.6 Å². The third-order valence-electron chi connectivity index (χ3n) is 5.34. The number of carbonyl (C=O) groups is 4. The maximum atomic E-state index is 12.5. The molecule has 4 rings (SSSR count). The summed E-state index contributed by atoms with van der Waals surface area (Å²) in [4.78, 5) is 51.6. The molecule has 2 N–H and O–H groups in total. The van der Waals surface area contributed by atoms with E-state index in [0.29, 0.717) is 0 Å². The Bertz CT molecular complexity index is 1370. The Morgan fingerprint density at radius 3 is 1.38 bits per heavy atom.